The van der Waals surface area contributed by atoms with Crippen LogP contribution in [0.2, 0.25) is 0 Å². The molecular formula is C16H20N4O. The molecule has 0 amide bonds. The Morgan fingerprint density at radius 2 is 2.05 bits per heavy atom. The van der Waals surface area contributed by atoms with Gasteiger partial charge in [-0.1, -0.05) is 36.3 Å². The second-order valence-electron chi connectivity index (χ2n) is 5.29. The lowest BCUT2D eigenvalue weighted by Crippen LogP contribution is -2.23. The Labute approximate surface area is 125 Å². The van der Waals surface area contributed by atoms with Crippen molar-refractivity contribution in [1.29, 1.82) is 5.26 Å². The van der Waals surface area contributed by atoms with E-state index in [2.05, 4.69) is 35.3 Å². The summed E-state index contributed by atoms with van der Waals surface area (Å²) < 4.78 is 5.28. The molecule has 0 aliphatic carbocycles. The van der Waals surface area contributed by atoms with Gasteiger partial charge in [-0.05, 0) is 26.0 Å². The first-order valence-corrected chi connectivity index (χ1v) is 7.12. The van der Waals surface area contributed by atoms with Gasteiger partial charge >= 0.3 is 0 Å². The van der Waals surface area contributed by atoms with Crippen molar-refractivity contribution >= 4 is 0 Å². The summed E-state index contributed by atoms with van der Waals surface area (Å²) in [6, 6.07) is 10.4. The highest BCUT2D eigenvalue weighted by molar-refractivity contribution is 5.54. The largest absolute Gasteiger partial charge is 0.338 e. The van der Waals surface area contributed by atoms with E-state index in [1.807, 2.05) is 31.0 Å². The zero-order valence-corrected chi connectivity index (χ0v) is 12.7. The minimum Gasteiger partial charge on any atom is -0.338 e. The first-order valence-electron chi connectivity index (χ1n) is 7.12. The van der Waals surface area contributed by atoms with Crippen LogP contribution in [0.15, 0.2) is 28.8 Å². The second-order valence-corrected chi connectivity index (χ2v) is 5.29. The molecule has 0 spiro atoms. The molecule has 5 heteroatoms. The van der Waals surface area contributed by atoms with Crippen LogP contribution in [0.5, 0.6) is 0 Å². The summed E-state index contributed by atoms with van der Waals surface area (Å²) in [6.45, 7) is 5.25. The fourth-order valence-electron chi connectivity index (χ4n) is 2.13. The van der Waals surface area contributed by atoms with E-state index >= 15 is 0 Å². The Kier molecular flexibility index (Phi) is 5.07. The Hall–Kier alpha value is -2.19. The number of nitriles is 1. The molecule has 2 rings (SSSR count). The predicted octanol–water partition coefficient (Wildman–Crippen LogP) is 2.89. The third-order valence-electron chi connectivity index (χ3n) is 3.30. The Bertz CT molecular complexity index is 612. The van der Waals surface area contributed by atoms with E-state index in [9.17, 15) is 0 Å². The second kappa shape index (κ2) is 7.00. The van der Waals surface area contributed by atoms with E-state index < -0.39 is 0 Å². The fraction of sp³-hybridized carbons (Fsp3) is 0.438. The van der Waals surface area contributed by atoms with Crippen molar-refractivity contribution in [2.45, 2.75) is 26.8 Å². The zero-order chi connectivity index (χ0) is 15.2. The molecule has 110 valence electrons. The SMILES string of the molecule is CCc1ccc(-c2noc(CN(C)C[C@H](C)C#N)n2)cc1. The molecule has 0 bridgehead atoms. The molecule has 0 N–H and O–H groups in total. The van der Waals surface area contributed by atoms with Crippen molar-refractivity contribution in [2.24, 2.45) is 5.92 Å². The maximum atomic E-state index is 8.82. The zero-order valence-electron chi connectivity index (χ0n) is 12.7. The van der Waals surface area contributed by atoms with Crippen molar-refractivity contribution in [2.75, 3.05) is 13.6 Å². The Balaban J connectivity index is 2.02. The molecule has 0 radical (unpaired) electrons. The van der Waals surface area contributed by atoms with Gasteiger partial charge in [-0.3, -0.25) is 4.90 Å². The third kappa shape index (κ3) is 4.14. The topological polar surface area (TPSA) is 66.0 Å². The minimum atomic E-state index is -0.0148. The van der Waals surface area contributed by atoms with Gasteiger partial charge in [-0.25, -0.2) is 0 Å². The lowest BCUT2D eigenvalue weighted by Gasteiger charge is -2.14. The lowest BCUT2D eigenvalue weighted by molar-refractivity contribution is 0.253. The van der Waals surface area contributed by atoms with Crippen LogP contribution >= 0.6 is 0 Å². The minimum absolute atomic E-state index is 0.0148. The number of aryl methyl sites for hydroxylation is 1. The standard InChI is InChI=1S/C16H20N4O/c1-4-13-5-7-14(8-6-13)16-18-15(21-19-16)11-20(3)10-12(2)9-17/h5-8,12H,4,10-11H2,1-3H3/t12-/m1/s1. The number of rotatable bonds is 6. The highest BCUT2D eigenvalue weighted by Gasteiger charge is 2.12. The van der Waals surface area contributed by atoms with Gasteiger partial charge < -0.3 is 4.52 Å². The number of hydrogen-bond donors (Lipinski definition) is 0. The number of aromatic nitrogens is 2. The van der Waals surface area contributed by atoms with Crippen LogP contribution in [0.4, 0.5) is 0 Å². The molecule has 0 aliphatic rings. The van der Waals surface area contributed by atoms with E-state index in [0.29, 0.717) is 24.8 Å². The summed E-state index contributed by atoms with van der Waals surface area (Å²) in [6.07, 6.45) is 1.01. The Morgan fingerprint density at radius 1 is 1.33 bits per heavy atom. The number of benzene rings is 1. The van der Waals surface area contributed by atoms with Gasteiger partial charge in [0.1, 0.15) is 0 Å². The van der Waals surface area contributed by atoms with Crippen molar-refractivity contribution in [3.63, 3.8) is 0 Å². The van der Waals surface area contributed by atoms with Crippen molar-refractivity contribution in [3.05, 3.63) is 35.7 Å². The van der Waals surface area contributed by atoms with Gasteiger partial charge in [0, 0.05) is 12.1 Å². The first-order chi connectivity index (χ1) is 10.1. The quantitative estimate of drug-likeness (QED) is 0.816. The average molecular weight is 284 g/mol. The van der Waals surface area contributed by atoms with Gasteiger partial charge in [-0.2, -0.15) is 10.2 Å². The smallest absolute Gasteiger partial charge is 0.241 e. The molecule has 2 aromatic rings. The number of hydrogen-bond acceptors (Lipinski definition) is 5. The molecule has 1 aromatic heterocycles. The van der Waals surface area contributed by atoms with Gasteiger partial charge in [0.25, 0.3) is 0 Å². The molecule has 0 saturated carbocycles. The summed E-state index contributed by atoms with van der Waals surface area (Å²) in [5.41, 5.74) is 2.24. The number of nitrogens with zero attached hydrogens (tertiary/aromatic N) is 4. The van der Waals surface area contributed by atoms with E-state index in [0.717, 1.165) is 12.0 Å². The molecule has 1 heterocycles. The van der Waals surface area contributed by atoms with Crippen LogP contribution < -0.4 is 0 Å². The van der Waals surface area contributed by atoms with E-state index in [1.165, 1.54) is 5.56 Å². The lowest BCUT2D eigenvalue weighted by atomic mass is 10.1. The predicted molar refractivity (Wildman–Crippen MR) is 80.2 cm³/mol. The van der Waals surface area contributed by atoms with Gasteiger partial charge in [0.05, 0.1) is 18.5 Å². The molecule has 0 unspecified atom stereocenters. The van der Waals surface area contributed by atoms with Crippen molar-refractivity contribution < 1.29 is 4.52 Å². The summed E-state index contributed by atoms with van der Waals surface area (Å²) in [7, 11) is 1.94. The Morgan fingerprint density at radius 3 is 2.67 bits per heavy atom. The summed E-state index contributed by atoms with van der Waals surface area (Å²) in [5, 5.41) is 12.8. The van der Waals surface area contributed by atoms with Gasteiger partial charge in [0.15, 0.2) is 0 Å². The molecule has 5 nitrogen and oxygen atoms in total. The molecular weight excluding hydrogens is 264 g/mol. The van der Waals surface area contributed by atoms with Crippen LogP contribution in [0.1, 0.15) is 25.3 Å². The van der Waals surface area contributed by atoms with E-state index in [1.54, 1.807) is 0 Å². The summed E-state index contributed by atoms with van der Waals surface area (Å²) in [4.78, 5) is 6.41. The third-order valence-corrected chi connectivity index (χ3v) is 3.30. The van der Waals surface area contributed by atoms with Crippen LogP contribution in [-0.4, -0.2) is 28.6 Å². The average Bonchev–Trinajstić information content (AvgIpc) is 2.95. The molecule has 21 heavy (non-hydrogen) atoms. The van der Waals surface area contributed by atoms with Gasteiger partial charge in [0.2, 0.25) is 11.7 Å². The van der Waals surface area contributed by atoms with Crippen LogP contribution in [0, 0.1) is 17.2 Å². The molecule has 1 aromatic carbocycles. The summed E-state index contributed by atoms with van der Waals surface area (Å²) in [5.74, 6) is 1.16. The van der Waals surface area contributed by atoms with E-state index in [4.69, 9.17) is 9.78 Å². The molecule has 0 aliphatic heterocycles. The van der Waals surface area contributed by atoms with Crippen molar-refractivity contribution in [3.8, 4) is 17.5 Å². The summed E-state index contributed by atoms with van der Waals surface area (Å²) >= 11 is 0. The van der Waals surface area contributed by atoms with Crippen molar-refractivity contribution in [1.82, 2.24) is 15.0 Å². The van der Waals surface area contributed by atoms with Gasteiger partial charge in [-0.15, -0.1) is 0 Å². The van der Waals surface area contributed by atoms with E-state index in [-0.39, 0.29) is 5.92 Å². The molecule has 1 atom stereocenters. The van der Waals surface area contributed by atoms with Crippen LogP contribution in [0.25, 0.3) is 11.4 Å². The molecule has 0 saturated heterocycles. The molecule has 0 fully saturated rings. The van der Waals surface area contributed by atoms with Crippen LogP contribution in [0.3, 0.4) is 0 Å². The first kappa shape index (κ1) is 15.2. The maximum absolute atomic E-state index is 8.82. The normalized spacial score (nSPS) is 12.3. The highest BCUT2D eigenvalue weighted by atomic mass is 16.5. The highest BCUT2D eigenvalue weighted by Crippen LogP contribution is 2.17. The fourth-order valence-corrected chi connectivity index (χ4v) is 2.13. The maximum Gasteiger partial charge on any atom is 0.241 e. The monoisotopic (exact) mass is 284 g/mol. The van der Waals surface area contributed by atoms with Crippen LogP contribution in [-0.2, 0) is 13.0 Å².